The monoisotopic (exact) mass is 451 g/mol. The summed E-state index contributed by atoms with van der Waals surface area (Å²) in [5, 5.41) is 30.3. The van der Waals surface area contributed by atoms with Gasteiger partial charge in [-0.15, -0.1) is 0 Å². The highest BCUT2D eigenvalue weighted by Crippen LogP contribution is 2.54. The number of hydrogen-bond acceptors (Lipinski definition) is 7. The average molecular weight is 452 g/mol. The molecule has 2 N–H and O–H groups in total. The Morgan fingerprint density at radius 2 is 1.82 bits per heavy atom. The molecule has 2 aromatic rings. The highest BCUT2D eigenvalue weighted by molar-refractivity contribution is 5.60. The highest BCUT2D eigenvalue weighted by Gasteiger charge is 2.54. The predicted octanol–water partition coefficient (Wildman–Crippen LogP) is 3.63. The largest absolute Gasteiger partial charge is 0.493 e. The Balaban J connectivity index is 1.80. The standard InChI is InChI=1S/C27H25N5O2/c1-32-11-10-20-21(13-28)26(31)27(16-29,17-30)25(22(20)14-32)19-8-9-23(24(12-19)33-2)34-15-18-6-4-3-5-7-18/h3-10,12,22,25H,11,14-15,31H2,1-2H3. The van der Waals surface area contributed by atoms with Crippen LogP contribution in [0.1, 0.15) is 17.0 Å². The van der Waals surface area contributed by atoms with Crippen molar-refractivity contribution < 1.29 is 9.47 Å². The van der Waals surface area contributed by atoms with E-state index in [1.165, 1.54) is 0 Å². The summed E-state index contributed by atoms with van der Waals surface area (Å²) in [6, 6.07) is 21.7. The van der Waals surface area contributed by atoms with E-state index < -0.39 is 11.3 Å². The quantitative estimate of drug-likeness (QED) is 0.737. The van der Waals surface area contributed by atoms with Gasteiger partial charge in [0.15, 0.2) is 16.9 Å². The number of rotatable bonds is 5. The summed E-state index contributed by atoms with van der Waals surface area (Å²) in [6.45, 7) is 1.63. The van der Waals surface area contributed by atoms with Crippen molar-refractivity contribution in [3.8, 4) is 29.7 Å². The third-order valence-corrected chi connectivity index (χ3v) is 6.63. The summed E-state index contributed by atoms with van der Waals surface area (Å²) in [7, 11) is 3.53. The summed E-state index contributed by atoms with van der Waals surface area (Å²) in [4.78, 5) is 2.10. The molecule has 0 saturated heterocycles. The number of ether oxygens (including phenoxy) is 2. The van der Waals surface area contributed by atoms with Crippen molar-refractivity contribution >= 4 is 0 Å². The van der Waals surface area contributed by atoms with Gasteiger partial charge in [0.25, 0.3) is 0 Å². The number of benzene rings is 2. The van der Waals surface area contributed by atoms with Gasteiger partial charge in [0.2, 0.25) is 0 Å². The summed E-state index contributed by atoms with van der Waals surface area (Å²) in [5.74, 6) is 0.233. The summed E-state index contributed by atoms with van der Waals surface area (Å²) >= 11 is 0. The lowest BCUT2D eigenvalue weighted by molar-refractivity contribution is 0.237. The zero-order valence-electron chi connectivity index (χ0n) is 19.2. The van der Waals surface area contributed by atoms with Gasteiger partial charge in [-0.05, 0) is 35.9 Å². The Morgan fingerprint density at radius 1 is 1.09 bits per heavy atom. The lowest BCUT2D eigenvalue weighted by atomic mass is 9.58. The molecule has 1 aliphatic carbocycles. The number of methoxy groups -OCH3 is 1. The molecule has 2 unspecified atom stereocenters. The predicted molar refractivity (Wildman–Crippen MR) is 126 cm³/mol. The van der Waals surface area contributed by atoms with Crippen LogP contribution in [0.15, 0.2) is 71.5 Å². The van der Waals surface area contributed by atoms with Crippen LogP contribution in [0.2, 0.25) is 0 Å². The van der Waals surface area contributed by atoms with E-state index in [0.717, 1.165) is 16.7 Å². The first kappa shape index (κ1) is 22.9. The molecule has 0 amide bonds. The number of likely N-dealkylation sites (N-methyl/N-ethyl adjacent to an activating group) is 1. The fourth-order valence-corrected chi connectivity index (χ4v) is 4.93. The molecule has 170 valence electrons. The van der Waals surface area contributed by atoms with Crippen molar-refractivity contribution in [2.75, 3.05) is 27.2 Å². The van der Waals surface area contributed by atoms with Crippen LogP contribution in [-0.2, 0) is 6.61 Å². The van der Waals surface area contributed by atoms with E-state index in [9.17, 15) is 15.8 Å². The van der Waals surface area contributed by atoms with Crippen molar-refractivity contribution in [2.45, 2.75) is 12.5 Å². The number of nitriles is 3. The minimum atomic E-state index is -1.68. The molecule has 1 aliphatic heterocycles. The third-order valence-electron chi connectivity index (χ3n) is 6.63. The second-order valence-electron chi connectivity index (χ2n) is 8.58. The van der Waals surface area contributed by atoms with Gasteiger partial charge in [0, 0.05) is 24.9 Å². The van der Waals surface area contributed by atoms with Gasteiger partial charge < -0.3 is 20.1 Å². The first-order valence-corrected chi connectivity index (χ1v) is 11.0. The normalized spacial score (nSPS) is 21.3. The van der Waals surface area contributed by atoms with Crippen molar-refractivity contribution in [1.29, 1.82) is 15.8 Å². The lowest BCUT2D eigenvalue weighted by Crippen LogP contribution is -2.47. The van der Waals surface area contributed by atoms with Crippen LogP contribution in [0.25, 0.3) is 0 Å². The SMILES string of the molecule is COc1cc(C2C3CN(C)CC=C3C(C#N)=C(N)C2(C#N)C#N)ccc1OCc1ccccc1. The number of allylic oxidation sites excluding steroid dienone is 2. The molecule has 7 nitrogen and oxygen atoms in total. The zero-order valence-corrected chi connectivity index (χ0v) is 19.2. The van der Waals surface area contributed by atoms with Crippen molar-refractivity contribution in [2.24, 2.45) is 17.1 Å². The van der Waals surface area contributed by atoms with Crippen LogP contribution in [0.3, 0.4) is 0 Å². The molecule has 1 heterocycles. The van der Waals surface area contributed by atoms with Crippen LogP contribution in [0, 0.1) is 45.3 Å². The molecule has 4 rings (SSSR count). The molecule has 0 radical (unpaired) electrons. The van der Waals surface area contributed by atoms with E-state index in [-0.39, 0.29) is 17.2 Å². The molecule has 2 aromatic carbocycles. The van der Waals surface area contributed by atoms with Gasteiger partial charge in [-0.2, -0.15) is 15.8 Å². The van der Waals surface area contributed by atoms with Gasteiger partial charge in [-0.25, -0.2) is 0 Å². The first-order valence-electron chi connectivity index (χ1n) is 11.0. The van der Waals surface area contributed by atoms with Crippen molar-refractivity contribution in [1.82, 2.24) is 4.90 Å². The molecule has 0 aromatic heterocycles. The van der Waals surface area contributed by atoms with Crippen LogP contribution in [0.4, 0.5) is 0 Å². The van der Waals surface area contributed by atoms with E-state index in [1.807, 2.05) is 55.6 Å². The molecule has 7 heteroatoms. The topological polar surface area (TPSA) is 119 Å². The molecule has 0 saturated carbocycles. The highest BCUT2D eigenvalue weighted by atomic mass is 16.5. The van der Waals surface area contributed by atoms with Crippen LogP contribution < -0.4 is 15.2 Å². The van der Waals surface area contributed by atoms with E-state index >= 15 is 0 Å². The second-order valence-corrected chi connectivity index (χ2v) is 8.58. The molecule has 0 fully saturated rings. The van der Waals surface area contributed by atoms with Gasteiger partial charge >= 0.3 is 0 Å². The summed E-state index contributed by atoms with van der Waals surface area (Å²) in [6.07, 6.45) is 1.97. The molecule has 2 atom stereocenters. The van der Waals surface area contributed by atoms with Gasteiger partial charge in [0.1, 0.15) is 12.7 Å². The van der Waals surface area contributed by atoms with E-state index in [4.69, 9.17) is 15.2 Å². The minimum absolute atomic E-state index is 0.0143. The summed E-state index contributed by atoms with van der Waals surface area (Å²) in [5.41, 5.74) is 7.51. The maximum atomic E-state index is 10.2. The third kappa shape index (κ3) is 3.75. The Kier molecular flexibility index (Phi) is 6.28. The van der Waals surface area contributed by atoms with Crippen LogP contribution >= 0.6 is 0 Å². The maximum Gasteiger partial charge on any atom is 0.191 e. The zero-order chi connectivity index (χ0) is 24.3. The van der Waals surface area contributed by atoms with Crippen LogP contribution in [-0.4, -0.2) is 32.1 Å². The molecule has 0 spiro atoms. The Labute approximate surface area is 199 Å². The number of nitrogens with zero attached hydrogens (tertiary/aromatic N) is 4. The Hall–Kier alpha value is -4.25. The van der Waals surface area contributed by atoms with Crippen molar-refractivity contribution in [3.05, 3.63) is 82.6 Å². The van der Waals surface area contributed by atoms with Crippen LogP contribution in [0.5, 0.6) is 11.5 Å². The first-order chi connectivity index (χ1) is 16.5. The molecular formula is C27H25N5O2. The molecule has 34 heavy (non-hydrogen) atoms. The number of fused-ring (bicyclic) bond motifs is 1. The smallest absolute Gasteiger partial charge is 0.191 e. The molecular weight excluding hydrogens is 426 g/mol. The summed E-state index contributed by atoms with van der Waals surface area (Å²) < 4.78 is 11.6. The Bertz CT molecular complexity index is 1260. The average Bonchev–Trinajstić information content (AvgIpc) is 2.87. The van der Waals surface area contributed by atoms with E-state index in [1.54, 1.807) is 13.2 Å². The Morgan fingerprint density at radius 3 is 2.47 bits per heavy atom. The molecule has 2 aliphatic rings. The minimum Gasteiger partial charge on any atom is -0.493 e. The van der Waals surface area contributed by atoms with E-state index in [0.29, 0.717) is 31.2 Å². The maximum absolute atomic E-state index is 10.2. The van der Waals surface area contributed by atoms with Gasteiger partial charge in [0.05, 0.1) is 30.5 Å². The lowest BCUT2D eigenvalue weighted by Gasteiger charge is -2.45. The fourth-order valence-electron chi connectivity index (χ4n) is 4.93. The molecule has 0 bridgehead atoms. The van der Waals surface area contributed by atoms with Gasteiger partial charge in [-0.3, -0.25) is 0 Å². The fraction of sp³-hybridized carbons (Fsp3) is 0.296. The van der Waals surface area contributed by atoms with E-state index in [2.05, 4.69) is 23.1 Å². The van der Waals surface area contributed by atoms with Crippen molar-refractivity contribution in [3.63, 3.8) is 0 Å². The van der Waals surface area contributed by atoms with Gasteiger partial charge in [-0.1, -0.05) is 42.5 Å². The number of hydrogen-bond donors (Lipinski definition) is 1. The second kappa shape index (κ2) is 9.32. The number of nitrogens with two attached hydrogens (primary N) is 1.